The van der Waals surface area contributed by atoms with E-state index in [0.717, 1.165) is 11.1 Å². The van der Waals surface area contributed by atoms with Crippen LogP contribution in [0.1, 0.15) is 43.1 Å². The molecule has 3 heteroatoms. The first-order valence-corrected chi connectivity index (χ1v) is 6.34. The molecule has 3 nitrogen and oxygen atoms in total. The summed E-state index contributed by atoms with van der Waals surface area (Å²) in [7, 11) is 1.35. The molecule has 0 N–H and O–H groups in total. The number of benzene rings is 1. The standard InChI is InChI=1S/C16H20O3/c1-11(2)9-15(17)10-12(3)13-5-7-14(8-6-13)16(18)19-4/h5-8,10-11H,9H2,1-4H3. The van der Waals surface area contributed by atoms with Crippen LogP contribution in [0.2, 0.25) is 0 Å². The highest BCUT2D eigenvalue weighted by atomic mass is 16.5. The summed E-state index contributed by atoms with van der Waals surface area (Å²) < 4.78 is 4.64. The van der Waals surface area contributed by atoms with Gasteiger partial charge in [0.1, 0.15) is 0 Å². The molecule has 1 aromatic rings. The van der Waals surface area contributed by atoms with Crippen molar-refractivity contribution in [1.82, 2.24) is 0 Å². The molecule has 0 radical (unpaired) electrons. The summed E-state index contributed by atoms with van der Waals surface area (Å²) in [6.07, 6.45) is 2.21. The van der Waals surface area contributed by atoms with Crippen LogP contribution in [0.25, 0.3) is 5.57 Å². The van der Waals surface area contributed by atoms with E-state index >= 15 is 0 Å². The Morgan fingerprint density at radius 2 is 1.68 bits per heavy atom. The van der Waals surface area contributed by atoms with Gasteiger partial charge in [-0.05, 0) is 42.2 Å². The van der Waals surface area contributed by atoms with Crippen LogP contribution in [0.3, 0.4) is 0 Å². The van der Waals surface area contributed by atoms with E-state index in [4.69, 9.17) is 0 Å². The van der Waals surface area contributed by atoms with Crippen molar-refractivity contribution >= 4 is 17.3 Å². The van der Waals surface area contributed by atoms with Crippen LogP contribution in [0.15, 0.2) is 30.3 Å². The van der Waals surface area contributed by atoms with Crippen molar-refractivity contribution in [1.29, 1.82) is 0 Å². The van der Waals surface area contributed by atoms with E-state index in [-0.39, 0.29) is 11.8 Å². The minimum absolute atomic E-state index is 0.129. The van der Waals surface area contributed by atoms with Gasteiger partial charge in [0.25, 0.3) is 0 Å². The maximum atomic E-state index is 11.7. The number of esters is 1. The highest BCUT2D eigenvalue weighted by Crippen LogP contribution is 2.16. The molecule has 0 aliphatic rings. The predicted molar refractivity (Wildman–Crippen MR) is 75.9 cm³/mol. The summed E-state index contributed by atoms with van der Waals surface area (Å²) in [6, 6.07) is 7.04. The molecule has 0 saturated heterocycles. The van der Waals surface area contributed by atoms with Crippen molar-refractivity contribution in [3.8, 4) is 0 Å². The molecule has 0 aliphatic carbocycles. The summed E-state index contributed by atoms with van der Waals surface area (Å²) >= 11 is 0. The van der Waals surface area contributed by atoms with E-state index in [2.05, 4.69) is 4.74 Å². The molecule has 0 unspecified atom stereocenters. The van der Waals surface area contributed by atoms with Gasteiger partial charge >= 0.3 is 5.97 Å². The van der Waals surface area contributed by atoms with Crippen LogP contribution >= 0.6 is 0 Å². The molecule has 1 aromatic carbocycles. The number of ketones is 1. The average molecular weight is 260 g/mol. The van der Waals surface area contributed by atoms with Crippen LogP contribution < -0.4 is 0 Å². The van der Waals surface area contributed by atoms with Gasteiger partial charge in [-0.25, -0.2) is 4.79 Å². The lowest BCUT2D eigenvalue weighted by molar-refractivity contribution is -0.115. The zero-order valence-electron chi connectivity index (χ0n) is 11.9. The number of carbonyl (C=O) groups is 2. The van der Waals surface area contributed by atoms with E-state index in [9.17, 15) is 9.59 Å². The molecule has 0 heterocycles. The maximum Gasteiger partial charge on any atom is 0.337 e. The molecule has 0 bridgehead atoms. The normalized spacial score (nSPS) is 11.5. The van der Waals surface area contributed by atoms with Crippen molar-refractivity contribution in [3.63, 3.8) is 0 Å². The van der Waals surface area contributed by atoms with Gasteiger partial charge in [0.15, 0.2) is 5.78 Å². The van der Waals surface area contributed by atoms with E-state index in [1.807, 2.05) is 32.9 Å². The first kappa shape index (κ1) is 15.2. The van der Waals surface area contributed by atoms with Crippen LogP contribution in [0, 0.1) is 5.92 Å². The van der Waals surface area contributed by atoms with Crippen LogP contribution in [-0.2, 0) is 9.53 Å². The van der Waals surface area contributed by atoms with Gasteiger partial charge in [-0.2, -0.15) is 0 Å². The van der Waals surface area contributed by atoms with Gasteiger partial charge < -0.3 is 4.74 Å². The Morgan fingerprint density at radius 3 is 2.16 bits per heavy atom. The summed E-state index contributed by atoms with van der Waals surface area (Å²) in [5.41, 5.74) is 2.35. The van der Waals surface area contributed by atoms with Gasteiger partial charge in [-0.15, -0.1) is 0 Å². The third-order valence-electron chi connectivity index (χ3n) is 2.75. The molecule has 19 heavy (non-hydrogen) atoms. The lowest BCUT2D eigenvalue weighted by Crippen LogP contribution is -2.01. The third-order valence-corrected chi connectivity index (χ3v) is 2.75. The van der Waals surface area contributed by atoms with E-state index in [0.29, 0.717) is 17.9 Å². The van der Waals surface area contributed by atoms with Crippen LogP contribution in [0.5, 0.6) is 0 Å². The monoisotopic (exact) mass is 260 g/mol. The van der Waals surface area contributed by atoms with Crippen molar-refractivity contribution in [2.24, 2.45) is 5.92 Å². The molecule has 0 aromatic heterocycles. The Labute approximate surface area is 114 Å². The van der Waals surface area contributed by atoms with Crippen molar-refractivity contribution in [2.45, 2.75) is 27.2 Å². The highest BCUT2D eigenvalue weighted by Gasteiger charge is 2.06. The van der Waals surface area contributed by atoms with E-state index < -0.39 is 0 Å². The summed E-state index contributed by atoms with van der Waals surface area (Å²) in [5.74, 6) is 0.131. The van der Waals surface area contributed by atoms with Gasteiger partial charge in [0, 0.05) is 6.42 Å². The van der Waals surface area contributed by atoms with Crippen molar-refractivity contribution in [2.75, 3.05) is 7.11 Å². The Kier molecular flexibility index (Phi) is 5.49. The lowest BCUT2D eigenvalue weighted by Gasteiger charge is -2.04. The topological polar surface area (TPSA) is 43.4 Å². The first-order chi connectivity index (χ1) is 8.93. The number of ether oxygens (including phenoxy) is 1. The molecule has 1 rings (SSSR count). The Bertz CT molecular complexity index is 481. The Hall–Kier alpha value is -1.90. The Balaban J connectivity index is 2.83. The fraction of sp³-hybridized carbons (Fsp3) is 0.375. The fourth-order valence-electron chi connectivity index (χ4n) is 1.77. The van der Waals surface area contributed by atoms with Crippen molar-refractivity contribution in [3.05, 3.63) is 41.5 Å². The van der Waals surface area contributed by atoms with Crippen LogP contribution in [-0.4, -0.2) is 18.9 Å². The SMILES string of the molecule is COC(=O)c1ccc(C(C)=CC(=O)CC(C)C)cc1. The lowest BCUT2D eigenvalue weighted by atomic mass is 10.0. The maximum absolute atomic E-state index is 11.7. The predicted octanol–water partition coefficient (Wildman–Crippen LogP) is 3.49. The number of hydrogen-bond acceptors (Lipinski definition) is 3. The van der Waals surface area contributed by atoms with E-state index in [1.54, 1.807) is 18.2 Å². The van der Waals surface area contributed by atoms with Crippen molar-refractivity contribution < 1.29 is 14.3 Å². The largest absolute Gasteiger partial charge is 0.465 e. The number of rotatable bonds is 5. The molecule has 0 spiro atoms. The number of allylic oxidation sites excluding steroid dienone is 2. The second-order valence-corrected chi connectivity index (χ2v) is 4.96. The third kappa shape index (κ3) is 4.70. The number of hydrogen-bond donors (Lipinski definition) is 0. The average Bonchev–Trinajstić information content (AvgIpc) is 2.36. The number of methoxy groups -OCH3 is 1. The zero-order chi connectivity index (χ0) is 14.4. The molecular formula is C16H20O3. The van der Waals surface area contributed by atoms with Crippen LogP contribution in [0.4, 0.5) is 0 Å². The summed E-state index contributed by atoms with van der Waals surface area (Å²) in [4.78, 5) is 23.0. The zero-order valence-corrected chi connectivity index (χ0v) is 11.9. The fourth-order valence-corrected chi connectivity index (χ4v) is 1.77. The molecule has 102 valence electrons. The Morgan fingerprint density at radius 1 is 1.16 bits per heavy atom. The molecular weight excluding hydrogens is 240 g/mol. The highest BCUT2D eigenvalue weighted by molar-refractivity contribution is 5.96. The summed E-state index contributed by atoms with van der Waals surface area (Å²) in [5, 5.41) is 0. The first-order valence-electron chi connectivity index (χ1n) is 6.34. The quantitative estimate of drug-likeness (QED) is 0.601. The van der Waals surface area contributed by atoms with Gasteiger partial charge in [-0.3, -0.25) is 4.79 Å². The van der Waals surface area contributed by atoms with Gasteiger partial charge in [-0.1, -0.05) is 26.0 Å². The minimum atomic E-state index is -0.357. The van der Waals surface area contributed by atoms with Gasteiger partial charge in [0.05, 0.1) is 12.7 Å². The molecule has 0 amide bonds. The number of carbonyl (C=O) groups excluding carboxylic acids is 2. The molecule has 0 saturated carbocycles. The van der Waals surface area contributed by atoms with E-state index in [1.165, 1.54) is 7.11 Å². The van der Waals surface area contributed by atoms with Gasteiger partial charge in [0.2, 0.25) is 0 Å². The molecule has 0 aliphatic heterocycles. The second kappa shape index (κ2) is 6.88. The summed E-state index contributed by atoms with van der Waals surface area (Å²) in [6.45, 7) is 5.93. The molecule has 0 atom stereocenters. The minimum Gasteiger partial charge on any atom is -0.465 e. The molecule has 0 fully saturated rings. The second-order valence-electron chi connectivity index (χ2n) is 4.96. The smallest absolute Gasteiger partial charge is 0.337 e.